The van der Waals surface area contributed by atoms with Gasteiger partial charge in [-0.3, -0.25) is 0 Å². The van der Waals surface area contributed by atoms with Crippen LogP contribution in [0.1, 0.15) is 38.7 Å². The van der Waals surface area contributed by atoms with Crippen LogP contribution in [0.4, 0.5) is 0 Å². The average Bonchev–Trinajstić information content (AvgIpc) is 2.29. The van der Waals surface area contributed by atoms with Gasteiger partial charge in [-0.1, -0.05) is 32.0 Å². The molecule has 2 nitrogen and oxygen atoms in total. The second-order valence-electron chi connectivity index (χ2n) is 4.52. The molecule has 1 rings (SSSR count). The summed E-state index contributed by atoms with van der Waals surface area (Å²) in [6.45, 7) is 7.32. The van der Waals surface area contributed by atoms with Gasteiger partial charge in [0.2, 0.25) is 0 Å². The molecule has 16 heavy (non-hydrogen) atoms. The van der Waals surface area contributed by atoms with Crippen molar-refractivity contribution < 1.29 is 4.74 Å². The van der Waals surface area contributed by atoms with Gasteiger partial charge >= 0.3 is 0 Å². The maximum atomic E-state index is 5.83. The fourth-order valence-electron chi connectivity index (χ4n) is 1.58. The van der Waals surface area contributed by atoms with Crippen LogP contribution in [0.2, 0.25) is 0 Å². The standard InChI is InChI=1S/C14H23NO/c1-11(2)13-7-5-6-8-14(13)16-10-9-12(3)15-4/h5-8,11-12,15H,9-10H2,1-4H3. The Labute approximate surface area is 99.0 Å². The van der Waals surface area contributed by atoms with Gasteiger partial charge in [0.1, 0.15) is 5.75 Å². The van der Waals surface area contributed by atoms with Gasteiger partial charge in [0.05, 0.1) is 6.61 Å². The lowest BCUT2D eigenvalue weighted by Gasteiger charge is -2.15. The highest BCUT2D eigenvalue weighted by Crippen LogP contribution is 2.25. The van der Waals surface area contributed by atoms with Crippen LogP contribution in [0.3, 0.4) is 0 Å². The number of ether oxygens (including phenoxy) is 1. The van der Waals surface area contributed by atoms with E-state index in [1.54, 1.807) is 0 Å². The highest BCUT2D eigenvalue weighted by Gasteiger charge is 2.07. The second-order valence-corrected chi connectivity index (χ2v) is 4.52. The highest BCUT2D eigenvalue weighted by atomic mass is 16.5. The van der Waals surface area contributed by atoms with Crippen LogP contribution >= 0.6 is 0 Å². The molecule has 0 fully saturated rings. The summed E-state index contributed by atoms with van der Waals surface area (Å²) in [5, 5.41) is 3.21. The van der Waals surface area contributed by atoms with Gasteiger partial charge in [0.25, 0.3) is 0 Å². The van der Waals surface area contributed by atoms with E-state index in [1.807, 2.05) is 13.1 Å². The summed E-state index contributed by atoms with van der Waals surface area (Å²) < 4.78 is 5.83. The Bertz CT molecular complexity index is 309. The average molecular weight is 221 g/mol. The third kappa shape index (κ3) is 3.86. The number of rotatable bonds is 6. The zero-order valence-electron chi connectivity index (χ0n) is 10.8. The van der Waals surface area contributed by atoms with E-state index in [4.69, 9.17) is 4.74 Å². The molecule has 1 N–H and O–H groups in total. The van der Waals surface area contributed by atoms with Crippen LogP contribution in [0.25, 0.3) is 0 Å². The number of benzene rings is 1. The third-order valence-electron chi connectivity index (χ3n) is 2.84. The monoisotopic (exact) mass is 221 g/mol. The SMILES string of the molecule is CNC(C)CCOc1ccccc1C(C)C. The molecule has 0 spiro atoms. The predicted octanol–water partition coefficient (Wildman–Crippen LogP) is 3.19. The smallest absolute Gasteiger partial charge is 0.122 e. The molecular weight excluding hydrogens is 198 g/mol. The lowest BCUT2D eigenvalue weighted by atomic mass is 10.0. The predicted molar refractivity (Wildman–Crippen MR) is 69.2 cm³/mol. The van der Waals surface area contributed by atoms with E-state index < -0.39 is 0 Å². The van der Waals surface area contributed by atoms with Crippen LogP contribution in [-0.4, -0.2) is 19.7 Å². The zero-order valence-corrected chi connectivity index (χ0v) is 10.8. The minimum Gasteiger partial charge on any atom is -0.493 e. The molecule has 90 valence electrons. The molecule has 0 saturated carbocycles. The quantitative estimate of drug-likeness (QED) is 0.796. The van der Waals surface area contributed by atoms with Crippen molar-refractivity contribution in [1.82, 2.24) is 5.32 Å². The summed E-state index contributed by atoms with van der Waals surface area (Å²) in [5.41, 5.74) is 1.29. The molecule has 0 bridgehead atoms. The minimum absolute atomic E-state index is 0.506. The number of hydrogen-bond acceptors (Lipinski definition) is 2. The van der Waals surface area contributed by atoms with Crippen molar-refractivity contribution in [3.8, 4) is 5.75 Å². The van der Waals surface area contributed by atoms with Crippen LogP contribution in [0, 0.1) is 0 Å². The first-order valence-electron chi connectivity index (χ1n) is 6.04. The normalized spacial score (nSPS) is 12.8. The molecule has 2 heteroatoms. The van der Waals surface area contributed by atoms with E-state index in [0.29, 0.717) is 12.0 Å². The number of para-hydroxylation sites is 1. The van der Waals surface area contributed by atoms with Crippen molar-refractivity contribution >= 4 is 0 Å². The topological polar surface area (TPSA) is 21.3 Å². The molecule has 1 aromatic carbocycles. The molecule has 1 atom stereocenters. The summed E-state index contributed by atoms with van der Waals surface area (Å²) >= 11 is 0. The third-order valence-corrected chi connectivity index (χ3v) is 2.84. The molecular formula is C14H23NO. The van der Waals surface area contributed by atoms with Crippen LogP contribution in [0.5, 0.6) is 5.75 Å². The maximum Gasteiger partial charge on any atom is 0.122 e. The minimum atomic E-state index is 0.506. The van der Waals surface area contributed by atoms with E-state index in [-0.39, 0.29) is 0 Å². The largest absolute Gasteiger partial charge is 0.493 e. The Kier molecular flexibility index (Phi) is 5.33. The fourth-order valence-corrected chi connectivity index (χ4v) is 1.58. The van der Waals surface area contributed by atoms with Crippen LogP contribution in [0.15, 0.2) is 24.3 Å². The molecule has 0 aliphatic carbocycles. The molecule has 0 heterocycles. The summed E-state index contributed by atoms with van der Waals surface area (Å²) in [7, 11) is 1.98. The van der Waals surface area contributed by atoms with Crippen molar-refractivity contribution in [2.45, 2.75) is 39.2 Å². The Hall–Kier alpha value is -1.02. The van der Waals surface area contributed by atoms with Crippen molar-refractivity contribution in [2.75, 3.05) is 13.7 Å². The van der Waals surface area contributed by atoms with Crippen LogP contribution < -0.4 is 10.1 Å². The Balaban J connectivity index is 2.53. The molecule has 0 aliphatic heterocycles. The van der Waals surface area contributed by atoms with Crippen molar-refractivity contribution in [3.63, 3.8) is 0 Å². The number of hydrogen-bond donors (Lipinski definition) is 1. The van der Waals surface area contributed by atoms with Crippen LogP contribution in [-0.2, 0) is 0 Å². The van der Waals surface area contributed by atoms with E-state index in [1.165, 1.54) is 5.56 Å². The van der Waals surface area contributed by atoms with Gasteiger partial charge in [-0.25, -0.2) is 0 Å². The lowest BCUT2D eigenvalue weighted by Crippen LogP contribution is -2.23. The van der Waals surface area contributed by atoms with Gasteiger partial charge in [-0.15, -0.1) is 0 Å². The van der Waals surface area contributed by atoms with Crippen molar-refractivity contribution in [2.24, 2.45) is 0 Å². The summed E-state index contributed by atoms with van der Waals surface area (Å²) in [5.74, 6) is 1.54. The summed E-state index contributed by atoms with van der Waals surface area (Å²) in [6.07, 6.45) is 1.03. The Morgan fingerprint density at radius 2 is 1.88 bits per heavy atom. The highest BCUT2D eigenvalue weighted by molar-refractivity contribution is 5.35. The van der Waals surface area contributed by atoms with Gasteiger partial charge in [0, 0.05) is 6.04 Å². The van der Waals surface area contributed by atoms with Gasteiger partial charge in [-0.2, -0.15) is 0 Å². The summed E-state index contributed by atoms with van der Waals surface area (Å²) in [4.78, 5) is 0. The van der Waals surface area contributed by atoms with E-state index in [9.17, 15) is 0 Å². The summed E-state index contributed by atoms with van der Waals surface area (Å²) in [6, 6.07) is 8.80. The number of nitrogens with one attached hydrogen (secondary N) is 1. The van der Waals surface area contributed by atoms with Gasteiger partial charge in [-0.05, 0) is 37.9 Å². The van der Waals surface area contributed by atoms with E-state index >= 15 is 0 Å². The molecule has 0 amide bonds. The van der Waals surface area contributed by atoms with E-state index in [2.05, 4.69) is 44.3 Å². The van der Waals surface area contributed by atoms with E-state index in [0.717, 1.165) is 18.8 Å². The first-order valence-corrected chi connectivity index (χ1v) is 6.04. The second kappa shape index (κ2) is 6.54. The molecule has 1 aromatic rings. The molecule has 0 saturated heterocycles. The maximum absolute atomic E-state index is 5.83. The van der Waals surface area contributed by atoms with Gasteiger partial charge < -0.3 is 10.1 Å². The fraction of sp³-hybridized carbons (Fsp3) is 0.571. The van der Waals surface area contributed by atoms with Crippen molar-refractivity contribution in [1.29, 1.82) is 0 Å². The molecule has 0 aliphatic rings. The molecule has 0 radical (unpaired) electrons. The zero-order chi connectivity index (χ0) is 12.0. The first kappa shape index (κ1) is 13.0. The molecule has 0 aromatic heterocycles. The lowest BCUT2D eigenvalue weighted by molar-refractivity contribution is 0.290. The first-order chi connectivity index (χ1) is 7.65. The van der Waals surface area contributed by atoms with Gasteiger partial charge in [0.15, 0.2) is 0 Å². The Morgan fingerprint density at radius 1 is 1.19 bits per heavy atom. The molecule has 1 unspecified atom stereocenters. The Morgan fingerprint density at radius 3 is 2.50 bits per heavy atom. The van der Waals surface area contributed by atoms with Crippen molar-refractivity contribution in [3.05, 3.63) is 29.8 Å².